The van der Waals surface area contributed by atoms with Crippen LogP contribution in [-0.2, 0) is 17.8 Å². The molecule has 1 N–H and O–H groups in total. The maximum Gasteiger partial charge on any atom is 0.336 e. The fourth-order valence-corrected chi connectivity index (χ4v) is 4.56. The van der Waals surface area contributed by atoms with Crippen molar-refractivity contribution in [1.29, 1.82) is 0 Å². The first kappa shape index (κ1) is 22.0. The van der Waals surface area contributed by atoms with Gasteiger partial charge in [0.15, 0.2) is 0 Å². The Morgan fingerprint density at radius 1 is 1.06 bits per heavy atom. The van der Waals surface area contributed by atoms with Crippen molar-refractivity contribution >= 4 is 39.1 Å². The number of amides is 1. The Morgan fingerprint density at radius 2 is 1.81 bits per heavy atom. The molecule has 2 aromatic carbocycles. The monoisotopic (exact) mass is 467 g/mol. The number of fused-ring (bicyclic) bond motifs is 1. The Kier molecular flexibility index (Phi) is 6.30. The summed E-state index contributed by atoms with van der Waals surface area (Å²) in [5.41, 5.74) is 2.91. The van der Waals surface area contributed by atoms with Gasteiger partial charge in [-0.15, -0.1) is 11.3 Å². The topological polar surface area (TPSA) is 73.1 Å². The molecule has 0 aliphatic rings. The quantitative estimate of drug-likeness (QED) is 0.468. The summed E-state index contributed by atoms with van der Waals surface area (Å²) >= 11 is 7.16. The molecule has 0 aliphatic heterocycles. The summed E-state index contributed by atoms with van der Waals surface area (Å²) in [7, 11) is 0. The van der Waals surface area contributed by atoms with E-state index in [-0.39, 0.29) is 18.0 Å². The van der Waals surface area contributed by atoms with Crippen LogP contribution in [0.5, 0.6) is 0 Å². The Morgan fingerprint density at radius 3 is 2.56 bits per heavy atom. The molecule has 0 atom stereocenters. The van der Waals surface area contributed by atoms with Crippen LogP contribution in [0.3, 0.4) is 0 Å². The van der Waals surface area contributed by atoms with E-state index in [9.17, 15) is 14.4 Å². The van der Waals surface area contributed by atoms with Crippen molar-refractivity contribution in [2.75, 3.05) is 6.54 Å². The number of aryl methyl sites for hydroxylation is 2. The summed E-state index contributed by atoms with van der Waals surface area (Å²) in [6, 6.07) is 14.8. The summed E-state index contributed by atoms with van der Waals surface area (Å²) in [4.78, 5) is 39.1. The fraction of sp³-hybridized carbons (Fsp3) is 0.208. The number of carbonyl (C=O) groups excluding carboxylic acids is 1. The first-order valence-corrected chi connectivity index (χ1v) is 11.4. The molecule has 1 amide bonds. The van der Waals surface area contributed by atoms with Crippen LogP contribution in [0.1, 0.15) is 16.7 Å². The molecular formula is C24H22ClN3O3S. The number of thiophene rings is 1. The minimum atomic E-state index is -0.526. The zero-order valence-electron chi connectivity index (χ0n) is 17.7. The number of nitrogens with one attached hydrogen (secondary N) is 1. The van der Waals surface area contributed by atoms with Gasteiger partial charge in [0.2, 0.25) is 5.91 Å². The third kappa shape index (κ3) is 4.40. The third-order valence-corrected chi connectivity index (χ3v) is 6.45. The smallest absolute Gasteiger partial charge is 0.336 e. The molecule has 2 heterocycles. The minimum Gasteiger partial charge on any atom is -0.354 e. The van der Waals surface area contributed by atoms with E-state index >= 15 is 0 Å². The highest BCUT2D eigenvalue weighted by Gasteiger charge is 2.18. The molecule has 0 unspecified atom stereocenters. The average molecular weight is 468 g/mol. The molecule has 8 heteroatoms. The fourth-order valence-electron chi connectivity index (χ4n) is 3.61. The molecule has 0 radical (unpaired) electrons. The van der Waals surface area contributed by atoms with Gasteiger partial charge in [-0.25, -0.2) is 9.36 Å². The van der Waals surface area contributed by atoms with Gasteiger partial charge in [0.1, 0.15) is 11.2 Å². The standard InChI is InChI=1S/C24H22ClN3O3S/c1-15-3-4-16(2)20(13-15)28-23(30)22-19(10-12-32-22)27(24(28)31)14-21(29)26-11-9-17-5-7-18(25)8-6-17/h3-8,10,12-13H,9,11,14H2,1-2H3,(H,26,29). The lowest BCUT2D eigenvalue weighted by atomic mass is 10.1. The van der Waals surface area contributed by atoms with Gasteiger partial charge in [-0.3, -0.25) is 14.2 Å². The molecule has 6 nitrogen and oxygen atoms in total. The SMILES string of the molecule is Cc1ccc(C)c(-n2c(=O)c3sccc3n(CC(=O)NCCc3ccc(Cl)cc3)c2=O)c1. The molecule has 4 rings (SSSR count). The molecule has 0 bridgehead atoms. The first-order chi connectivity index (χ1) is 15.3. The number of nitrogens with zero attached hydrogens (tertiary/aromatic N) is 2. The van der Waals surface area contributed by atoms with E-state index < -0.39 is 5.69 Å². The van der Waals surface area contributed by atoms with Crippen molar-refractivity contribution < 1.29 is 4.79 Å². The van der Waals surface area contributed by atoms with Gasteiger partial charge in [-0.05, 0) is 66.6 Å². The highest BCUT2D eigenvalue weighted by Crippen LogP contribution is 2.18. The predicted molar refractivity (Wildman–Crippen MR) is 129 cm³/mol. The Balaban J connectivity index is 1.64. The molecule has 32 heavy (non-hydrogen) atoms. The third-order valence-electron chi connectivity index (χ3n) is 5.31. The summed E-state index contributed by atoms with van der Waals surface area (Å²) in [5, 5.41) is 5.28. The Bertz CT molecular complexity index is 1420. The second kappa shape index (κ2) is 9.14. The number of hydrogen-bond acceptors (Lipinski definition) is 4. The molecule has 164 valence electrons. The summed E-state index contributed by atoms with van der Waals surface area (Å²) in [5.74, 6) is -0.292. The second-order valence-corrected chi connectivity index (χ2v) is 9.01. The molecule has 0 saturated carbocycles. The van der Waals surface area contributed by atoms with Crippen LogP contribution < -0.4 is 16.6 Å². The van der Waals surface area contributed by atoms with E-state index in [1.54, 1.807) is 11.4 Å². The first-order valence-electron chi connectivity index (χ1n) is 10.2. The van der Waals surface area contributed by atoms with Crippen LogP contribution in [-0.4, -0.2) is 21.6 Å². The zero-order chi connectivity index (χ0) is 22.8. The molecule has 4 aromatic rings. The number of carbonyl (C=O) groups is 1. The molecule has 0 aliphatic carbocycles. The van der Waals surface area contributed by atoms with Gasteiger partial charge < -0.3 is 5.32 Å². The molecule has 0 fully saturated rings. The van der Waals surface area contributed by atoms with Crippen LogP contribution in [0.15, 0.2) is 63.5 Å². The van der Waals surface area contributed by atoms with E-state index in [4.69, 9.17) is 11.6 Å². The lowest BCUT2D eigenvalue weighted by molar-refractivity contribution is -0.121. The van der Waals surface area contributed by atoms with Crippen LogP contribution in [0, 0.1) is 13.8 Å². The van der Waals surface area contributed by atoms with E-state index in [2.05, 4.69) is 5.32 Å². The van der Waals surface area contributed by atoms with Crippen molar-refractivity contribution in [3.05, 3.63) is 96.5 Å². The van der Waals surface area contributed by atoms with Crippen molar-refractivity contribution in [2.45, 2.75) is 26.8 Å². The largest absolute Gasteiger partial charge is 0.354 e. The van der Waals surface area contributed by atoms with Gasteiger partial charge >= 0.3 is 5.69 Å². The summed E-state index contributed by atoms with van der Waals surface area (Å²) in [6.07, 6.45) is 0.646. The lowest BCUT2D eigenvalue weighted by Crippen LogP contribution is -2.42. The molecule has 0 spiro atoms. The summed E-state index contributed by atoms with van der Waals surface area (Å²) < 4.78 is 2.98. The van der Waals surface area contributed by atoms with Crippen LogP contribution in [0.2, 0.25) is 5.02 Å². The lowest BCUT2D eigenvalue weighted by Gasteiger charge is -2.14. The van der Waals surface area contributed by atoms with Crippen LogP contribution >= 0.6 is 22.9 Å². The number of aromatic nitrogens is 2. The predicted octanol–water partition coefficient (Wildman–Crippen LogP) is 3.84. The number of rotatable bonds is 6. The number of benzene rings is 2. The van der Waals surface area contributed by atoms with Crippen molar-refractivity contribution in [3.8, 4) is 5.69 Å². The maximum atomic E-state index is 13.4. The van der Waals surface area contributed by atoms with Crippen LogP contribution in [0.4, 0.5) is 0 Å². The van der Waals surface area contributed by atoms with Gasteiger partial charge in [0.25, 0.3) is 5.56 Å². The maximum absolute atomic E-state index is 13.4. The van der Waals surface area contributed by atoms with E-state index in [1.807, 2.05) is 56.3 Å². The normalized spacial score (nSPS) is 11.1. The van der Waals surface area contributed by atoms with E-state index in [1.165, 1.54) is 20.5 Å². The van der Waals surface area contributed by atoms with Gasteiger partial charge in [-0.2, -0.15) is 0 Å². The van der Waals surface area contributed by atoms with Crippen molar-refractivity contribution in [2.24, 2.45) is 0 Å². The van der Waals surface area contributed by atoms with E-state index in [0.717, 1.165) is 16.7 Å². The highest BCUT2D eigenvalue weighted by atomic mass is 35.5. The van der Waals surface area contributed by atoms with Gasteiger partial charge in [0, 0.05) is 11.6 Å². The highest BCUT2D eigenvalue weighted by molar-refractivity contribution is 7.17. The van der Waals surface area contributed by atoms with Crippen molar-refractivity contribution in [1.82, 2.24) is 14.5 Å². The zero-order valence-corrected chi connectivity index (χ0v) is 19.3. The minimum absolute atomic E-state index is 0.169. The summed E-state index contributed by atoms with van der Waals surface area (Å²) in [6.45, 7) is 4.02. The Hall–Kier alpha value is -3.16. The Labute approximate surface area is 193 Å². The molecular weight excluding hydrogens is 446 g/mol. The second-order valence-electron chi connectivity index (χ2n) is 7.66. The van der Waals surface area contributed by atoms with Gasteiger partial charge in [-0.1, -0.05) is 35.9 Å². The number of halogens is 1. The average Bonchev–Trinajstić information content (AvgIpc) is 3.25. The van der Waals surface area contributed by atoms with Crippen LogP contribution in [0.25, 0.3) is 15.9 Å². The molecule has 2 aromatic heterocycles. The number of hydrogen-bond donors (Lipinski definition) is 1. The molecule has 0 saturated heterocycles. The van der Waals surface area contributed by atoms with E-state index in [0.29, 0.717) is 33.9 Å². The van der Waals surface area contributed by atoms with Gasteiger partial charge in [0.05, 0.1) is 11.2 Å². The van der Waals surface area contributed by atoms with Crippen molar-refractivity contribution in [3.63, 3.8) is 0 Å².